The fourth-order valence-corrected chi connectivity index (χ4v) is 2.40. The Kier molecular flexibility index (Phi) is 8.29. The molecule has 1 fully saturated rings. The molecule has 1 saturated carbocycles. The van der Waals surface area contributed by atoms with Gasteiger partial charge in [0.05, 0.1) is 33.4 Å². The topological polar surface area (TPSA) is 78.1 Å². The summed E-state index contributed by atoms with van der Waals surface area (Å²) in [5.41, 5.74) is 6.77. The lowest BCUT2D eigenvalue weighted by molar-refractivity contribution is 0.315. The number of methoxy groups -OCH3 is 3. The zero-order chi connectivity index (χ0) is 15.9. The second-order valence-corrected chi connectivity index (χ2v) is 5.39. The van der Waals surface area contributed by atoms with Gasteiger partial charge in [-0.2, -0.15) is 0 Å². The molecular weight excluding hydrogens is 409 g/mol. The van der Waals surface area contributed by atoms with Crippen molar-refractivity contribution < 1.29 is 14.2 Å². The summed E-state index contributed by atoms with van der Waals surface area (Å²) in [7, 11) is 4.83. The lowest BCUT2D eigenvalue weighted by atomic mass is 9.85. The minimum absolute atomic E-state index is 0. The second kappa shape index (κ2) is 9.69. The Balaban J connectivity index is 0.00000264. The van der Waals surface area contributed by atoms with E-state index in [1.807, 2.05) is 12.1 Å². The molecular formula is C16H26IN3O3. The predicted octanol–water partition coefficient (Wildman–Crippen LogP) is 2.53. The number of ether oxygens (including phenoxy) is 3. The normalized spacial score (nSPS) is 14.5. The molecule has 0 spiro atoms. The Bertz CT molecular complexity index is 508. The van der Waals surface area contributed by atoms with Crippen molar-refractivity contribution in [1.82, 2.24) is 5.32 Å². The SMILES string of the molecule is COc1cc(OC)c(CN=C(N)NCC2CCC2)c(OC)c1.I. The molecule has 3 N–H and O–H groups in total. The summed E-state index contributed by atoms with van der Waals surface area (Å²) in [6.07, 6.45) is 3.88. The van der Waals surface area contributed by atoms with Gasteiger partial charge in [0.15, 0.2) is 5.96 Å². The lowest BCUT2D eigenvalue weighted by Gasteiger charge is -2.25. The van der Waals surface area contributed by atoms with Crippen molar-refractivity contribution in [3.8, 4) is 17.2 Å². The van der Waals surface area contributed by atoms with E-state index in [0.717, 1.165) is 18.0 Å². The Morgan fingerprint density at radius 3 is 2.22 bits per heavy atom. The van der Waals surface area contributed by atoms with E-state index in [9.17, 15) is 0 Å². The molecule has 1 aromatic carbocycles. The predicted molar refractivity (Wildman–Crippen MR) is 102 cm³/mol. The number of nitrogens with zero attached hydrogens (tertiary/aromatic N) is 1. The Morgan fingerprint density at radius 2 is 1.78 bits per heavy atom. The molecule has 1 aliphatic carbocycles. The number of guanidine groups is 1. The first kappa shape index (κ1) is 19.7. The fourth-order valence-electron chi connectivity index (χ4n) is 2.40. The second-order valence-electron chi connectivity index (χ2n) is 5.39. The summed E-state index contributed by atoms with van der Waals surface area (Å²) in [4.78, 5) is 4.38. The number of nitrogens with two attached hydrogens (primary N) is 1. The number of nitrogens with one attached hydrogen (secondary N) is 1. The summed E-state index contributed by atoms with van der Waals surface area (Å²) >= 11 is 0. The van der Waals surface area contributed by atoms with E-state index in [1.165, 1.54) is 19.3 Å². The fraction of sp³-hybridized carbons (Fsp3) is 0.562. The van der Waals surface area contributed by atoms with Gasteiger partial charge in [-0.05, 0) is 18.8 Å². The van der Waals surface area contributed by atoms with Crippen LogP contribution in [-0.2, 0) is 6.54 Å². The summed E-state index contributed by atoms with van der Waals surface area (Å²) in [6, 6.07) is 3.62. The van der Waals surface area contributed by atoms with Gasteiger partial charge in [0.1, 0.15) is 17.2 Å². The minimum atomic E-state index is 0. The number of hydrogen-bond donors (Lipinski definition) is 2. The van der Waals surface area contributed by atoms with Gasteiger partial charge in [0, 0.05) is 18.7 Å². The van der Waals surface area contributed by atoms with Gasteiger partial charge in [-0.15, -0.1) is 24.0 Å². The van der Waals surface area contributed by atoms with Crippen molar-refractivity contribution >= 4 is 29.9 Å². The first-order chi connectivity index (χ1) is 10.7. The molecule has 0 radical (unpaired) electrons. The highest BCUT2D eigenvalue weighted by Gasteiger charge is 2.17. The average molecular weight is 435 g/mol. The maximum absolute atomic E-state index is 5.92. The van der Waals surface area contributed by atoms with Crippen LogP contribution in [0.15, 0.2) is 17.1 Å². The van der Waals surface area contributed by atoms with Crippen molar-refractivity contribution in [2.24, 2.45) is 16.6 Å². The molecule has 7 heteroatoms. The van der Waals surface area contributed by atoms with Gasteiger partial charge in [0.2, 0.25) is 0 Å². The largest absolute Gasteiger partial charge is 0.496 e. The quantitative estimate of drug-likeness (QED) is 0.391. The monoisotopic (exact) mass is 435 g/mol. The first-order valence-electron chi connectivity index (χ1n) is 7.50. The van der Waals surface area contributed by atoms with Gasteiger partial charge in [0.25, 0.3) is 0 Å². The number of rotatable bonds is 7. The molecule has 2 rings (SSSR count). The van der Waals surface area contributed by atoms with E-state index < -0.39 is 0 Å². The lowest BCUT2D eigenvalue weighted by Crippen LogP contribution is -2.37. The maximum Gasteiger partial charge on any atom is 0.188 e. The standard InChI is InChI=1S/C16H25N3O3.HI/c1-20-12-7-14(21-2)13(15(8-12)22-3)10-19-16(17)18-9-11-5-4-6-11;/h7-8,11H,4-6,9-10H2,1-3H3,(H3,17,18,19);1H. The van der Waals surface area contributed by atoms with Crippen LogP contribution in [0.2, 0.25) is 0 Å². The van der Waals surface area contributed by atoms with Gasteiger partial charge in [-0.1, -0.05) is 6.42 Å². The smallest absolute Gasteiger partial charge is 0.188 e. The average Bonchev–Trinajstić information content (AvgIpc) is 2.50. The van der Waals surface area contributed by atoms with Gasteiger partial charge >= 0.3 is 0 Å². The summed E-state index contributed by atoms with van der Waals surface area (Å²) in [6.45, 7) is 1.28. The molecule has 0 atom stereocenters. The van der Waals surface area contributed by atoms with Crippen LogP contribution < -0.4 is 25.3 Å². The van der Waals surface area contributed by atoms with Crippen molar-refractivity contribution in [2.45, 2.75) is 25.8 Å². The van der Waals surface area contributed by atoms with Gasteiger partial charge in [-0.3, -0.25) is 0 Å². The van der Waals surface area contributed by atoms with E-state index in [4.69, 9.17) is 19.9 Å². The maximum atomic E-state index is 5.92. The zero-order valence-electron chi connectivity index (χ0n) is 13.9. The van der Waals surface area contributed by atoms with Gasteiger partial charge in [-0.25, -0.2) is 4.99 Å². The van der Waals surface area contributed by atoms with E-state index in [1.54, 1.807) is 21.3 Å². The van der Waals surface area contributed by atoms with E-state index in [0.29, 0.717) is 29.8 Å². The molecule has 1 aromatic rings. The number of halogens is 1. The van der Waals surface area contributed by atoms with Crippen LogP contribution in [0.1, 0.15) is 24.8 Å². The van der Waals surface area contributed by atoms with Crippen molar-refractivity contribution in [2.75, 3.05) is 27.9 Å². The zero-order valence-corrected chi connectivity index (χ0v) is 16.3. The Labute approximate surface area is 154 Å². The molecule has 0 bridgehead atoms. The third kappa shape index (κ3) is 5.33. The molecule has 0 unspecified atom stereocenters. The van der Waals surface area contributed by atoms with Crippen LogP contribution in [0.3, 0.4) is 0 Å². The van der Waals surface area contributed by atoms with E-state index in [-0.39, 0.29) is 24.0 Å². The van der Waals surface area contributed by atoms with Crippen LogP contribution >= 0.6 is 24.0 Å². The first-order valence-corrected chi connectivity index (χ1v) is 7.50. The summed E-state index contributed by atoms with van der Waals surface area (Å²) in [5, 5.41) is 3.17. The van der Waals surface area contributed by atoms with Gasteiger partial charge < -0.3 is 25.3 Å². The Morgan fingerprint density at radius 1 is 1.17 bits per heavy atom. The van der Waals surface area contributed by atoms with Crippen LogP contribution in [-0.4, -0.2) is 33.8 Å². The summed E-state index contributed by atoms with van der Waals surface area (Å²) < 4.78 is 16.0. The molecule has 0 amide bonds. The molecule has 1 aliphatic rings. The van der Waals surface area contributed by atoms with Crippen molar-refractivity contribution in [3.63, 3.8) is 0 Å². The van der Waals surface area contributed by atoms with Crippen molar-refractivity contribution in [1.29, 1.82) is 0 Å². The molecule has 6 nitrogen and oxygen atoms in total. The van der Waals surface area contributed by atoms with Crippen molar-refractivity contribution in [3.05, 3.63) is 17.7 Å². The van der Waals surface area contributed by atoms with Crippen LogP contribution in [0.4, 0.5) is 0 Å². The van der Waals surface area contributed by atoms with E-state index in [2.05, 4.69) is 10.3 Å². The highest BCUT2D eigenvalue weighted by molar-refractivity contribution is 14.0. The number of hydrogen-bond acceptors (Lipinski definition) is 4. The molecule has 130 valence electrons. The number of aliphatic imine (C=N–C) groups is 1. The molecule has 0 aromatic heterocycles. The highest BCUT2D eigenvalue weighted by Crippen LogP contribution is 2.34. The van der Waals surface area contributed by atoms with Crippen LogP contribution in [0, 0.1) is 5.92 Å². The van der Waals surface area contributed by atoms with Crippen LogP contribution in [0.25, 0.3) is 0 Å². The molecule has 0 aliphatic heterocycles. The molecule has 0 heterocycles. The highest BCUT2D eigenvalue weighted by atomic mass is 127. The molecule has 0 saturated heterocycles. The third-order valence-corrected chi connectivity index (χ3v) is 4.02. The number of benzene rings is 1. The van der Waals surface area contributed by atoms with Crippen LogP contribution in [0.5, 0.6) is 17.2 Å². The molecule has 23 heavy (non-hydrogen) atoms. The summed E-state index contributed by atoms with van der Waals surface area (Å²) in [5.74, 6) is 3.21. The van der Waals surface area contributed by atoms with E-state index >= 15 is 0 Å². The minimum Gasteiger partial charge on any atom is -0.496 e. The Hall–Kier alpha value is -1.38. The third-order valence-electron chi connectivity index (χ3n) is 4.02.